The first-order valence-electron chi connectivity index (χ1n) is 15.3. The van der Waals surface area contributed by atoms with Gasteiger partial charge in [-0.3, -0.25) is 9.59 Å². The van der Waals surface area contributed by atoms with Crippen molar-refractivity contribution in [1.82, 2.24) is 25.8 Å². The molecule has 1 unspecified atom stereocenters. The highest BCUT2D eigenvalue weighted by molar-refractivity contribution is 5.88. The molecule has 0 aromatic heterocycles. The maximum absolute atomic E-state index is 13.0. The monoisotopic (exact) mass is 608 g/mol. The Morgan fingerprint density at radius 3 is 2.67 bits per heavy atom. The summed E-state index contributed by atoms with van der Waals surface area (Å²) in [5.74, 6) is -0.0374. The molecule has 3 atom stereocenters. The molecule has 2 saturated heterocycles. The Hall–Kier alpha value is -3.28. The molecule has 0 radical (unpaired) electrons. The summed E-state index contributed by atoms with van der Waals surface area (Å²) in [6.07, 6.45) is 5.63. The number of rotatable bonds is 16. The molecule has 1 aromatic carbocycles. The molecule has 2 aliphatic heterocycles. The van der Waals surface area contributed by atoms with Crippen LogP contribution in [0.2, 0.25) is 0 Å². The minimum Gasteiger partial charge on any atom is -0.378 e. The van der Waals surface area contributed by atoms with Crippen LogP contribution in [0.25, 0.3) is 0 Å². The van der Waals surface area contributed by atoms with Gasteiger partial charge in [0.2, 0.25) is 11.8 Å². The number of hydrogen-bond acceptors (Lipinski definition) is 5. The minimum atomic E-state index is -4.40. The first-order valence-corrected chi connectivity index (χ1v) is 15.3. The Morgan fingerprint density at radius 2 is 1.95 bits per heavy atom. The first kappa shape index (κ1) is 34.2. The number of hydrogen-bond donors (Lipinski definition) is 4. The van der Waals surface area contributed by atoms with Gasteiger partial charge in [0.25, 0.3) is 0 Å². The van der Waals surface area contributed by atoms with E-state index in [1.54, 1.807) is 17.0 Å². The van der Waals surface area contributed by atoms with Gasteiger partial charge in [-0.05, 0) is 77.7 Å². The van der Waals surface area contributed by atoms with Gasteiger partial charge in [0.05, 0.1) is 17.1 Å². The van der Waals surface area contributed by atoms with E-state index in [2.05, 4.69) is 26.2 Å². The van der Waals surface area contributed by atoms with Gasteiger partial charge in [0.1, 0.15) is 0 Å². The zero-order valence-electron chi connectivity index (χ0n) is 25.6. The summed E-state index contributed by atoms with van der Waals surface area (Å²) in [4.78, 5) is 39.9. The van der Waals surface area contributed by atoms with Crippen LogP contribution in [0, 0.1) is 0 Å². The third-order valence-electron chi connectivity index (χ3n) is 8.09. The maximum Gasteiger partial charge on any atom is 0.416 e. The molecule has 9 nitrogen and oxygen atoms in total. The highest BCUT2D eigenvalue weighted by Gasteiger charge is 2.36. The van der Waals surface area contributed by atoms with Crippen LogP contribution in [0.5, 0.6) is 0 Å². The standard InChI is InChI=1S/C31H47F3N6O3/c1-23-26(37-29(43)36-23)13-5-4-6-14-27(41)35-17-7-8-18-39(3)19-10-15-28(42)40-20-16-30(2,22-40)38-25-12-9-11-24(21-25)31(32,33)34/h9-12,15,21,23,26,38H,4-8,13-14,16-20,22H2,1-3H3,(H,35,41)(H2,36,37,43)/b15-10+/t23-,26+,30?/m0/s1. The number of anilines is 1. The summed E-state index contributed by atoms with van der Waals surface area (Å²) in [7, 11) is 1.98. The van der Waals surface area contributed by atoms with Crippen LogP contribution < -0.4 is 21.3 Å². The second-order valence-corrected chi connectivity index (χ2v) is 12.1. The molecule has 4 amide bonds. The summed E-state index contributed by atoms with van der Waals surface area (Å²) in [5.41, 5.74) is -0.821. The predicted molar refractivity (Wildman–Crippen MR) is 162 cm³/mol. The molecule has 3 rings (SSSR count). The SMILES string of the molecule is C[C@@H]1NC(=O)N[C@@H]1CCCCCC(=O)NCCCCN(C)C/C=C/C(=O)N1CCC(C)(Nc2cccc(C(F)(F)F)c2)C1. The number of alkyl halides is 3. The van der Waals surface area contributed by atoms with Gasteiger partial charge in [-0.25, -0.2) is 4.79 Å². The lowest BCUT2D eigenvalue weighted by molar-refractivity contribution is -0.137. The average molecular weight is 609 g/mol. The van der Waals surface area contributed by atoms with Crippen LogP contribution in [0.15, 0.2) is 36.4 Å². The van der Waals surface area contributed by atoms with Crippen LogP contribution in [0.1, 0.15) is 70.8 Å². The van der Waals surface area contributed by atoms with E-state index in [-0.39, 0.29) is 29.9 Å². The summed E-state index contributed by atoms with van der Waals surface area (Å²) in [6, 6.07) is 5.35. The fourth-order valence-electron chi connectivity index (χ4n) is 5.52. The number of urea groups is 1. The molecule has 0 bridgehead atoms. The Kier molecular flexibility index (Phi) is 12.7. The van der Waals surface area contributed by atoms with Crippen molar-refractivity contribution in [3.8, 4) is 0 Å². The zero-order chi connectivity index (χ0) is 31.5. The molecule has 0 saturated carbocycles. The van der Waals surface area contributed by atoms with Gasteiger partial charge in [-0.1, -0.05) is 25.0 Å². The average Bonchev–Trinajstić information content (AvgIpc) is 3.48. The molecule has 240 valence electrons. The number of likely N-dealkylation sites (tertiary alicyclic amines) is 1. The lowest BCUT2D eigenvalue weighted by Gasteiger charge is -2.27. The number of nitrogens with zero attached hydrogens (tertiary/aromatic N) is 2. The fraction of sp³-hybridized carbons (Fsp3) is 0.645. The Balaban J connectivity index is 1.22. The van der Waals surface area contributed by atoms with E-state index in [9.17, 15) is 27.6 Å². The van der Waals surface area contributed by atoms with E-state index in [0.717, 1.165) is 57.2 Å². The molecule has 43 heavy (non-hydrogen) atoms. The summed E-state index contributed by atoms with van der Waals surface area (Å²) < 4.78 is 39.1. The van der Waals surface area contributed by atoms with Crippen LogP contribution in [0.4, 0.5) is 23.7 Å². The molecular weight excluding hydrogens is 561 g/mol. The lowest BCUT2D eigenvalue weighted by atomic mass is 10.0. The van der Waals surface area contributed by atoms with Gasteiger partial charge in [-0.15, -0.1) is 0 Å². The molecular formula is C31H47F3N6O3. The number of carbonyl (C=O) groups excluding carboxylic acids is 3. The third-order valence-corrected chi connectivity index (χ3v) is 8.09. The van der Waals surface area contributed by atoms with Crippen molar-refractivity contribution >= 4 is 23.5 Å². The van der Waals surface area contributed by atoms with Gasteiger partial charge in [0, 0.05) is 50.4 Å². The molecule has 0 spiro atoms. The summed E-state index contributed by atoms with van der Waals surface area (Å²) in [5, 5.41) is 11.9. The maximum atomic E-state index is 13.0. The second-order valence-electron chi connectivity index (χ2n) is 12.1. The van der Waals surface area contributed by atoms with Gasteiger partial charge in [0.15, 0.2) is 0 Å². The van der Waals surface area contributed by atoms with Crippen molar-refractivity contribution in [2.24, 2.45) is 0 Å². The van der Waals surface area contributed by atoms with Crippen molar-refractivity contribution in [3.63, 3.8) is 0 Å². The van der Waals surface area contributed by atoms with Gasteiger partial charge < -0.3 is 31.1 Å². The van der Waals surface area contributed by atoms with Crippen LogP contribution in [-0.4, -0.2) is 85.0 Å². The number of unbranched alkanes of at least 4 members (excludes halogenated alkanes) is 3. The fourth-order valence-corrected chi connectivity index (χ4v) is 5.52. The zero-order valence-corrected chi connectivity index (χ0v) is 25.6. The van der Waals surface area contributed by atoms with Gasteiger partial charge in [-0.2, -0.15) is 13.2 Å². The summed E-state index contributed by atoms with van der Waals surface area (Å²) >= 11 is 0. The van der Waals surface area contributed by atoms with Gasteiger partial charge >= 0.3 is 12.2 Å². The van der Waals surface area contributed by atoms with Crippen molar-refractivity contribution in [2.75, 3.05) is 45.1 Å². The first-order chi connectivity index (χ1) is 20.3. The number of likely N-dealkylation sites (N-methyl/N-ethyl adjacent to an activating group) is 1. The molecule has 12 heteroatoms. The quantitative estimate of drug-likeness (QED) is 0.163. The largest absolute Gasteiger partial charge is 0.416 e. The minimum absolute atomic E-state index is 0.0713. The van der Waals surface area contributed by atoms with Crippen molar-refractivity contribution in [3.05, 3.63) is 42.0 Å². The second kappa shape index (κ2) is 16.0. The Morgan fingerprint density at radius 1 is 1.16 bits per heavy atom. The third kappa shape index (κ3) is 11.7. The number of amides is 4. The number of carbonyl (C=O) groups is 3. The van der Waals surface area contributed by atoms with Crippen molar-refractivity contribution < 1.29 is 27.6 Å². The van der Waals surface area contributed by atoms with Crippen molar-refractivity contribution in [1.29, 1.82) is 0 Å². The normalized spacial score (nSPS) is 22.2. The van der Waals surface area contributed by atoms with E-state index >= 15 is 0 Å². The van der Waals surface area contributed by atoms with E-state index in [1.807, 2.05) is 27.0 Å². The molecule has 2 fully saturated rings. The number of halogens is 3. The molecule has 1 aromatic rings. The highest BCUT2D eigenvalue weighted by atomic mass is 19.4. The van der Waals surface area contributed by atoms with E-state index in [1.165, 1.54) is 6.07 Å². The van der Waals surface area contributed by atoms with E-state index in [4.69, 9.17) is 0 Å². The molecule has 2 heterocycles. The smallest absolute Gasteiger partial charge is 0.378 e. The summed E-state index contributed by atoms with van der Waals surface area (Å²) in [6.45, 7) is 6.94. The molecule has 0 aliphatic carbocycles. The molecule has 2 aliphatic rings. The Bertz CT molecular complexity index is 1110. The topological polar surface area (TPSA) is 106 Å². The predicted octanol–water partition coefficient (Wildman–Crippen LogP) is 4.51. The lowest BCUT2D eigenvalue weighted by Crippen LogP contribution is -2.39. The van der Waals surface area contributed by atoms with Crippen molar-refractivity contribution in [2.45, 2.75) is 89.0 Å². The van der Waals surface area contributed by atoms with E-state index in [0.29, 0.717) is 44.7 Å². The number of benzene rings is 1. The van der Waals surface area contributed by atoms with E-state index < -0.39 is 17.3 Å². The molecule has 4 N–H and O–H groups in total. The Labute approximate surface area is 253 Å². The van der Waals surface area contributed by atoms with Crippen LogP contribution >= 0.6 is 0 Å². The van der Waals surface area contributed by atoms with Crippen LogP contribution in [0.3, 0.4) is 0 Å². The number of nitrogens with one attached hydrogen (secondary N) is 4. The highest BCUT2D eigenvalue weighted by Crippen LogP contribution is 2.32. The van der Waals surface area contributed by atoms with Crippen LogP contribution in [-0.2, 0) is 15.8 Å².